The van der Waals surface area contributed by atoms with Crippen molar-refractivity contribution in [2.24, 2.45) is 5.41 Å². The highest BCUT2D eigenvalue weighted by atomic mass is 79.9. The third-order valence-corrected chi connectivity index (χ3v) is 3.79. The number of para-hydroxylation sites is 1. The van der Waals surface area contributed by atoms with Gasteiger partial charge in [-0.2, -0.15) is 0 Å². The van der Waals surface area contributed by atoms with Gasteiger partial charge in [0.25, 0.3) is 0 Å². The molecule has 0 fully saturated rings. The summed E-state index contributed by atoms with van der Waals surface area (Å²) in [5.41, 5.74) is 0.476. The first-order chi connectivity index (χ1) is 8.00. The minimum absolute atomic E-state index is 0.0171. The molecule has 0 bridgehead atoms. The molecule has 0 radical (unpaired) electrons. The number of methoxy groups -OCH3 is 1. The number of alkyl halides is 1. The molecule has 1 aromatic carbocycles. The number of halogens is 1. The van der Waals surface area contributed by atoms with Crippen molar-refractivity contribution < 1.29 is 14.3 Å². The molecular formula is C13H17BrO3. The van der Waals surface area contributed by atoms with Crippen LogP contribution in [0.25, 0.3) is 0 Å². The van der Waals surface area contributed by atoms with Crippen molar-refractivity contribution in [2.45, 2.75) is 13.8 Å². The van der Waals surface area contributed by atoms with Crippen LogP contribution >= 0.6 is 15.9 Å². The average Bonchev–Trinajstić information content (AvgIpc) is 2.36. The van der Waals surface area contributed by atoms with Gasteiger partial charge in [-0.25, -0.2) is 4.79 Å². The number of rotatable bonds is 5. The highest BCUT2D eigenvalue weighted by molar-refractivity contribution is 9.09. The zero-order valence-electron chi connectivity index (χ0n) is 10.3. The zero-order valence-corrected chi connectivity index (χ0v) is 11.9. The Labute approximate surface area is 110 Å². The van der Waals surface area contributed by atoms with Crippen LogP contribution in [0.15, 0.2) is 24.3 Å². The minimum Gasteiger partial charge on any atom is -0.492 e. The number of esters is 1. The van der Waals surface area contributed by atoms with Crippen molar-refractivity contribution in [3.05, 3.63) is 29.8 Å². The number of carbonyl (C=O) groups is 1. The van der Waals surface area contributed by atoms with Crippen molar-refractivity contribution in [2.75, 3.05) is 19.0 Å². The molecule has 0 aliphatic heterocycles. The van der Waals surface area contributed by atoms with E-state index in [0.29, 0.717) is 17.9 Å². The summed E-state index contributed by atoms with van der Waals surface area (Å²) in [5.74, 6) is 0.186. The Morgan fingerprint density at radius 1 is 1.35 bits per heavy atom. The average molecular weight is 301 g/mol. The van der Waals surface area contributed by atoms with E-state index in [0.717, 1.165) is 5.33 Å². The quantitative estimate of drug-likeness (QED) is 0.618. The summed E-state index contributed by atoms with van der Waals surface area (Å²) in [6.45, 7) is 4.71. The Kier molecular flexibility index (Phi) is 5.00. The van der Waals surface area contributed by atoms with E-state index in [9.17, 15) is 4.79 Å². The normalized spacial score (nSPS) is 11.1. The van der Waals surface area contributed by atoms with Crippen LogP contribution < -0.4 is 4.74 Å². The first-order valence-electron chi connectivity index (χ1n) is 5.36. The van der Waals surface area contributed by atoms with Gasteiger partial charge in [-0.3, -0.25) is 0 Å². The van der Waals surface area contributed by atoms with Gasteiger partial charge >= 0.3 is 5.97 Å². The number of ether oxygens (including phenoxy) is 2. The molecule has 0 N–H and O–H groups in total. The van der Waals surface area contributed by atoms with Gasteiger partial charge in [0.2, 0.25) is 0 Å². The molecule has 94 valence electrons. The van der Waals surface area contributed by atoms with Gasteiger partial charge in [-0.05, 0) is 12.1 Å². The van der Waals surface area contributed by atoms with E-state index in [1.807, 2.05) is 6.07 Å². The Hall–Kier alpha value is -1.03. The molecule has 0 aromatic heterocycles. The van der Waals surface area contributed by atoms with Crippen molar-refractivity contribution in [1.29, 1.82) is 0 Å². The van der Waals surface area contributed by atoms with Crippen molar-refractivity contribution in [1.82, 2.24) is 0 Å². The summed E-state index contributed by atoms with van der Waals surface area (Å²) in [6, 6.07) is 7.09. The van der Waals surface area contributed by atoms with Gasteiger partial charge in [0.15, 0.2) is 0 Å². The van der Waals surface area contributed by atoms with E-state index < -0.39 is 0 Å². The molecule has 1 aromatic rings. The second kappa shape index (κ2) is 6.05. The number of hydrogen-bond donors (Lipinski definition) is 0. The zero-order chi connectivity index (χ0) is 12.9. The molecule has 0 spiro atoms. The number of hydrogen-bond acceptors (Lipinski definition) is 3. The van der Waals surface area contributed by atoms with Crippen LogP contribution in [0.5, 0.6) is 5.75 Å². The molecular weight excluding hydrogens is 284 g/mol. The highest BCUT2D eigenvalue weighted by Gasteiger charge is 2.19. The van der Waals surface area contributed by atoms with E-state index in [2.05, 4.69) is 29.8 Å². The lowest BCUT2D eigenvalue weighted by Gasteiger charge is -2.22. The van der Waals surface area contributed by atoms with Gasteiger partial charge in [0, 0.05) is 10.7 Å². The van der Waals surface area contributed by atoms with Gasteiger partial charge in [-0.15, -0.1) is 0 Å². The summed E-state index contributed by atoms with van der Waals surface area (Å²) in [7, 11) is 1.36. The number of carbonyl (C=O) groups excluding carboxylic acids is 1. The summed E-state index contributed by atoms with van der Waals surface area (Å²) in [4.78, 5) is 11.5. The molecule has 1 rings (SSSR count). The van der Waals surface area contributed by atoms with Crippen LogP contribution in [0.3, 0.4) is 0 Å². The van der Waals surface area contributed by atoms with Crippen LogP contribution in [0.2, 0.25) is 0 Å². The fourth-order valence-electron chi connectivity index (χ4n) is 1.18. The van der Waals surface area contributed by atoms with E-state index in [4.69, 9.17) is 9.47 Å². The molecule has 0 aliphatic rings. The third kappa shape index (κ3) is 4.04. The molecule has 0 heterocycles. The van der Waals surface area contributed by atoms with Crippen molar-refractivity contribution >= 4 is 21.9 Å². The van der Waals surface area contributed by atoms with Crippen LogP contribution in [0.1, 0.15) is 24.2 Å². The SMILES string of the molecule is COC(=O)c1ccccc1OCC(C)(C)CBr. The monoisotopic (exact) mass is 300 g/mol. The third-order valence-electron chi connectivity index (χ3n) is 2.27. The predicted octanol–water partition coefficient (Wildman–Crippen LogP) is 3.27. The maximum atomic E-state index is 11.5. The van der Waals surface area contributed by atoms with Crippen LogP contribution in [-0.2, 0) is 4.74 Å². The second-order valence-electron chi connectivity index (χ2n) is 4.57. The lowest BCUT2D eigenvalue weighted by molar-refractivity contribution is 0.0593. The first kappa shape index (κ1) is 14.0. The Morgan fingerprint density at radius 2 is 2.00 bits per heavy atom. The van der Waals surface area contributed by atoms with E-state index in [-0.39, 0.29) is 11.4 Å². The van der Waals surface area contributed by atoms with Gasteiger partial charge in [0.1, 0.15) is 11.3 Å². The summed E-state index contributed by atoms with van der Waals surface area (Å²) < 4.78 is 10.4. The molecule has 0 unspecified atom stereocenters. The predicted molar refractivity (Wildman–Crippen MR) is 70.9 cm³/mol. The molecule has 4 heteroatoms. The highest BCUT2D eigenvalue weighted by Crippen LogP contribution is 2.23. The first-order valence-corrected chi connectivity index (χ1v) is 6.48. The lowest BCUT2D eigenvalue weighted by atomic mass is 9.98. The van der Waals surface area contributed by atoms with E-state index in [1.54, 1.807) is 18.2 Å². The topological polar surface area (TPSA) is 35.5 Å². The smallest absolute Gasteiger partial charge is 0.341 e. The van der Waals surface area contributed by atoms with Gasteiger partial charge in [0.05, 0.1) is 13.7 Å². The lowest BCUT2D eigenvalue weighted by Crippen LogP contribution is -2.23. The minimum atomic E-state index is -0.378. The standard InChI is InChI=1S/C13H17BrO3/c1-13(2,8-14)9-17-11-7-5-4-6-10(11)12(15)16-3/h4-7H,8-9H2,1-3H3. The molecule has 0 saturated carbocycles. The van der Waals surface area contributed by atoms with Crippen molar-refractivity contribution in [3.8, 4) is 5.75 Å². The van der Waals surface area contributed by atoms with Gasteiger partial charge in [-0.1, -0.05) is 41.9 Å². The molecule has 0 amide bonds. The molecule has 17 heavy (non-hydrogen) atoms. The van der Waals surface area contributed by atoms with E-state index >= 15 is 0 Å². The number of benzene rings is 1. The van der Waals surface area contributed by atoms with Crippen LogP contribution in [-0.4, -0.2) is 25.0 Å². The van der Waals surface area contributed by atoms with Crippen LogP contribution in [0, 0.1) is 5.41 Å². The van der Waals surface area contributed by atoms with Gasteiger partial charge < -0.3 is 9.47 Å². The largest absolute Gasteiger partial charge is 0.492 e. The fraction of sp³-hybridized carbons (Fsp3) is 0.462. The fourth-order valence-corrected chi connectivity index (χ4v) is 1.34. The molecule has 0 atom stereocenters. The maximum Gasteiger partial charge on any atom is 0.341 e. The Morgan fingerprint density at radius 3 is 2.59 bits per heavy atom. The Balaban J connectivity index is 2.81. The summed E-state index contributed by atoms with van der Waals surface area (Å²) >= 11 is 3.43. The van der Waals surface area contributed by atoms with E-state index in [1.165, 1.54) is 7.11 Å². The molecule has 0 aliphatic carbocycles. The Bertz CT molecular complexity index is 388. The van der Waals surface area contributed by atoms with Crippen LogP contribution in [0.4, 0.5) is 0 Å². The molecule has 3 nitrogen and oxygen atoms in total. The molecule has 0 saturated heterocycles. The maximum absolute atomic E-state index is 11.5. The second-order valence-corrected chi connectivity index (χ2v) is 5.13. The summed E-state index contributed by atoms with van der Waals surface area (Å²) in [6.07, 6.45) is 0. The summed E-state index contributed by atoms with van der Waals surface area (Å²) in [5, 5.41) is 0.834. The van der Waals surface area contributed by atoms with Crippen molar-refractivity contribution in [3.63, 3.8) is 0 Å².